The number of hydrogen-bond donors (Lipinski definition) is 1. The van der Waals surface area contributed by atoms with Crippen molar-refractivity contribution < 1.29 is 9.84 Å². The zero-order valence-electron chi connectivity index (χ0n) is 8.46. The lowest BCUT2D eigenvalue weighted by molar-refractivity contribution is 0.122. The third-order valence-corrected chi connectivity index (χ3v) is 2.26. The molecule has 0 radical (unpaired) electrons. The van der Waals surface area contributed by atoms with Crippen molar-refractivity contribution in [3.8, 4) is 5.75 Å². The molecular formula is C11H15ClO2. The van der Waals surface area contributed by atoms with Crippen molar-refractivity contribution in [2.45, 2.75) is 26.4 Å². The lowest BCUT2D eigenvalue weighted by atomic mass is 10.1. The highest BCUT2D eigenvalue weighted by molar-refractivity contribution is 6.31. The van der Waals surface area contributed by atoms with Gasteiger partial charge in [-0.1, -0.05) is 18.5 Å². The molecule has 0 aliphatic heterocycles. The molecule has 2 nitrogen and oxygen atoms in total. The summed E-state index contributed by atoms with van der Waals surface area (Å²) in [5.74, 6) is 0.757. The summed E-state index contributed by atoms with van der Waals surface area (Å²) in [6.07, 6.45) is 0.431. The van der Waals surface area contributed by atoms with E-state index in [1.165, 1.54) is 0 Å². The van der Waals surface area contributed by atoms with Crippen molar-refractivity contribution in [3.63, 3.8) is 0 Å². The average Bonchev–Trinajstić information content (AvgIpc) is 2.16. The van der Waals surface area contributed by atoms with Crippen LogP contribution in [0.3, 0.4) is 0 Å². The quantitative estimate of drug-likeness (QED) is 0.835. The number of ether oxygens (including phenoxy) is 1. The van der Waals surface area contributed by atoms with Crippen LogP contribution in [0.5, 0.6) is 5.75 Å². The smallest absolute Gasteiger partial charge is 0.119 e. The fraction of sp³-hybridized carbons (Fsp3) is 0.455. The molecule has 1 N–H and O–H groups in total. The third kappa shape index (κ3) is 3.20. The first-order chi connectivity index (χ1) is 6.63. The van der Waals surface area contributed by atoms with E-state index in [0.717, 1.165) is 22.8 Å². The summed E-state index contributed by atoms with van der Waals surface area (Å²) in [4.78, 5) is 0. The molecule has 0 aromatic heterocycles. The molecule has 0 bridgehead atoms. The van der Waals surface area contributed by atoms with Gasteiger partial charge in [-0.3, -0.25) is 0 Å². The maximum absolute atomic E-state index is 9.04. The van der Waals surface area contributed by atoms with Crippen LogP contribution < -0.4 is 4.74 Å². The minimum absolute atomic E-state index is 0.310. The van der Waals surface area contributed by atoms with Crippen LogP contribution in [0.4, 0.5) is 0 Å². The molecule has 78 valence electrons. The molecule has 0 fully saturated rings. The van der Waals surface area contributed by atoms with Crippen molar-refractivity contribution in [2.24, 2.45) is 0 Å². The summed E-state index contributed by atoms with van der Waals surface area (Å²) >= 11 is 5.95. The number of hydrogen-bond acceptors (Lipinski definition) is 2. The van der Waals surface area contributed by atoms with Crippen LogP contribution in [0.2, 0.25) is 5.02 Å². The number of halogens is 1. The molecule has 1 unspecified atom stereocenters. The van der Waals surface area contributed by atoms with Crippen LogP contribution in [-0.2, 0) is 6.42 Å². The fourth-order valence-electron chi connectivity index (χ4n) is 1.13. The van der Waals surface area contributed by atoms with Crippen LogP contribution in [0.25, 0.3) is 0 Å². The molecule has 14 heavy (non-hydrogen) atoms. The van der Waals surface area contributed by atoms with E-state index < -0.39 is 6.10 Å². The first-order valence-electron chi connectivity index (χ1n) is 4.72. The Morgan fingerprint density at radius 3 is 2.79 bits per heavy atom. The number of aryl methyl sites for hydroxylation is 1. The first-order valence-corrected chi connectivity index (χ1v) is 5.10. The van der Waals surface area contributed by atoms with Crippen LogP contribution in [0, 0.1) is 0 Å². The largest absolute Gasteiger partial charge is 0.491 e. The van der Waals surface area contributed by atoms with E-state index in [1.807, 2.05) is 25.1 Å². The summed E-state index contributed by atoms with van der Waals surface area (Å²) in [5, 5.41) is 9.80. The molecule has 0 spiro atoms. The molecular weight excluding hydrogens is 200 g/mol. The highest BCUT2D eigenvalue weighted by Gasteiger charge is 2.02. The number of aliphatic hydroxyl groups excluding tert-OH is 1. The lowest BCUT2D eigenvalue weighted by Gasteiger charge is -2.09. The van der Waals surface area contributed by atoms with Crippen LogP contribution in [0.15, 0.2) is 18.2 Å². The van der Waals surface area contributed by atoms with Crippen molar-refractivity contribution in [1.29, 1.82) is 0 Å². The van der Waals surface area contributed by atoms with Crippen molar-refractivity contribution in [2.75, 3.05) is 6.61 Å². The Bertz CT molecular complexity index is 297. The predicted octanol–water partition coefficient (Wildman–Crippen LogP) is 2.66. The zero-order valence-corrected chi connectivity index (χ0v) is 9.21. The third-order valence-electron chi connectivity index (χ3n) is 1.89. The Hall–Kier alpha value is -0.730. The molecule has 1 atom stereocenters. The summed E-state index contributed by atoms with van der Waals surface area (Å²) in [6, 6.07) is 5.53. The van der Waals surface area contributed by atoms with Gasteiger partial charge in [-0.15, -0.1) is 0 Å². The predicted molar refractivity (Wildman–Crippen MR) is 58.0 cm³/mol. The average molecular weight is 215 g/mol. The lowest BCUT2D eigenvalue weighted by Crippen LogP contribution is -2.12. The van der Waals surface area contributed by atoms with Gasteiger partial charge in [0.25, 0.3) is 0 Å². The Kier molecular flexibility index (Phi) is 4.23. The fourth-order valence-corrected chi connectivity index (χ4v) is 1.38. The van der Waals surface area contributed by atoms with Gasteiger partial charge < -0.3 is 9.84 Å². The summed E-state index contributed by atoms with van der Waals surface area (Å²) in [7, 11) is 0. The summed E-state index contributed by atoms with van der Waals surface area (Å²) < 4.78 is 5.36. The Morgan fingerprint density at radius 2 is 2.21 bits per heavy atom. The van der Waals surface area contributed by atoms with Gasteiger partial charge in [-0.2, -0.15) is 0 Å². The first kappa shape index (κ1) is 11.3. The van der Waals surface area contributed by atoms with Crippen molar-refractivity contribution in [3.05, 3.63) is 28.8 Å². The molecule has 1 rings (SSSR count). The molecule has 0 saturated heterocycles. The Balaban J connectivity index is 2.69. The minimum Gasteiger partial charge on any atom is -0.491 e. The number of benzene rings is 1. The maximum Gasteiger partial charge on any atom is 0.119 e. The van der Waals surface area contributed by atoms with Gasteiger partial charge in [-0.25, -0.2) is 0 Å². The van der Waals surface area contributed by atoms with E-state index >= 15 is 0 Å². The highest BCUT2D eigenvalue weighted by Crippen LogP contribution is 2.22. The van der Waals surface area contributed by atoms with Gasteiger partial charge in [-0.05, 0) is 37.1 Å². The molecule has 0 heterocycles. The molecule has 3 heteroatoms. The van der Waals surface area contributed by atoms with E-state index in [1.54, 1.807) is 6.92 Å². The van der Waals surface area contributed by atoms with Gasteiger partial charge in [0.05, 0.1) is 6.10 Å². The van der Waals surface area contributed by atoms with Gasteiger partial charge in [0.2, 0.25) is 0 Å². The Morgan fingerprint density at radius 1 is 1.50 bits per heavy atom. The Labute approximate surface area is 89.5 Å². The minimum atomic E-state index is -0.448. The van der Waals surface area contributed by atoms with E-state index in [2.05, 4.69) is 0 Å². The number of aliphatic hydroxyl groups is 1. The molecule has 1 aromatic rings. The maximum atomic E-state index is 9.04. The molecule has 1 aromatic carbocycles. The SMILES string of the molecule is CCc1cc(OCC(C)O)ccc1Cl. The standard InChI is InChI=1S/C11H15ClO2/c1-3-9-6-10(4-5-11(9)12)14-7-8(2)13/h4-6,8,13H,3,7H2,1-2H3. The van der Waals surface area contributed by atoms with Crippen LogP contribution in [0.1, 0.15) is 19.4 Å². The summed E-state index contributed by atoms with van der Waals surface area (Å²) in [5.41, 5.74) is 1.06. The van der Waals surface area contributed by atoms with Crippen molar-refractivity contribution >= 4 is 11.6 Å². The van der Waals surface area contributed by atoms with Gasteiger partial charge in [0.1, 0.15) is 12.4 Å². The van der Waals surface area contributed by atoms with Gasteiger partial charge in [0, 0.05) is 5.02 Å². The highest BCUT2D eigenvalue weighted by atomic mass is 35.5. The van der Waals surface area contributed by atoms with E-state index in [-0.39, 0.29) is 0 Å². The number of rotatable bonds is 4. The summed E-state index contributed by atoms with van der Waals surface area (Å²) in [6.45, 7) is 4.04. The molecule has 0 amide bonds. The van der Waals surface area contributed by atoms with E-state index in [9.17, 15) is 0 Å². The molecule has 0 saturated carbocycles. The van der Waals surface area contributed by atoms with Gasteiger partial charge >= 0.3 is 0 Å². The second kappa shape index (κ2) is 5.23. The normalized spacial score (nSPS) is 12.6. The zero-order chi connectivity index (χ0) is 10.6. The molecule has 0 aliphatic rings. The van der Waals surface area contributed by atoms with Crippen molar-refractivity contribution in [1.82, 2.24) is 0 Å². The second-order valence-electron chi connectivity index (χ2n) is 3.27. The van der Waals surface area contributed by atoms with Gasteiger partial charge in [0.15, 0.2) is 0 Å². The topological polar surface area (TPSA) is 29.5 Å². The van der Waals surface area contributed by atoms with E-state index in [4.69, 9.17) is 21.4 Å². The monoisotopic (exact) mass is 214 g/mol. The molecule has 0 aliphatic carbocycles. The van der Waals surface area contributed by atoms with Crippen LogP contribution >= 0.6 is 11.6 Å². The van der Waals surface area contributed by atoms with E-state index in [0.29, 0.717) is 6.61 Å². The van der Waals surface area contributed by atoms with Crippen LogP contribution in [-0.4, -0.2) is 17.8 Å². The second-order valence-corrected chi connectivity index (χ2v) is 3.67.